The van der Waals surface area contributed by atoms with Crippen LogP contribution in [0.15, 0.2) is 53.7 Å². The second kappa shape index (κ2) is 7.91. The first-order valence-corrected chi connectivity index (χ1v) is 7.40. The molecule has 2 rings (SSSR count). The number of nitrogens with zero attached hydrogens (tertiary/aromatic N) is 2. The lowest BCUT2D eigenvalue weighted by Crippen LogP contribution is -2.26. The van der Waals surface area contributed by atoms with Gasteiger partial charge in [0, 0.05) is 17.7 Å². The van der Waals surface area contributed by atoms with Gasteiger partial charge in [-0.3, -0.25) is 10.1 Å². The fraction of sp³-hybridized carbons (Fsp3) is 0.176. The quantitative estimate of drug-likeness (QED) is 0.283. The van der Waals surface area contributed by atoms with Crippen molar-refractivity contribution in [2.75, 3.05) is 0 Å². The van der Waals surface area contributed by atoms with E-state index in [-0.39, 0.29) is 17.1 Å². The minimum atomic E-state index is -0.900. The average molecular weight is 343 g/mol. The van der Waals surface area contributed by atoms with Gasteiger partial charge in [-0.1, -0.05) is 35.5 Å². The number of carbonyl (C=O) groups excluding carboxylic acids is 1. The molecule has 1 atom stereocenters. The lowest BCUT2D eigenvalue weighted by Gasteiger charge is -2.13. The van der Waals surface area contributed by atoms with Gasteiger partial charge in [0.1, 0.15) is 5.75 Å². The van der Waals surface area contributed by atoms with Crippen molar-refractivity contribution in [2.45, 2.75) is 20.0 Å². The predicted octanol–water partition coefficient (Wildman–Crippen LogP) is 2.53. The van der Waals surface area contributed by atoms with Crippen LogP contribution in [0.5, 0.6) is 5.75 Å². The van der Waals surface area contributed by atoms with Gasteiger partial charge in [0.05, 0.1) is 4.92 Å². The summed E-state index contributed by atoms with van der Waals surface area (Å²) in [4.78, 5) is 26.9. The van der Waals surface area contributed by atoms with Crippen molar-refractivity contribution in [3.63, 3.8) is 0 Å². The molecule has 8 heteroatoms. The van der Waals surface area contributed by atoms with Gasteiger partial charge >= 0.3 is 5.97 Å². The maximum Gasteiger partial charge on any atom is 0.374 e. The Morgan fingerprint density at radius 2 is 1.96 bits per heavy atom. The van der Waals surface area contributed by atoms with Gasteiger partial charge in [0.25, 0.3) is 5.69 Å². The van der Waals surface area contributed by atoms with Gasteiger partial charge in [-0.15, -0.1) is 0 Å². The number of para-hydroxylation sites is 1. The summed E-state index contributed by atoms with van der Waals surface area (Å²) in [5, 5.41) is 14.3. The highest BCUT2D eigenvalue weighted by Gasteiger charge is 2.18. The van der Waals surface area contributed by atoms with E-state index in [1.807, 2.05) is 19.1 Å². The van der Waals surface area contributed by atoms with Crippen molar-refractivity contribution in [3.05, 3.63) is 69.8 Å². The molecule has 0 aliphatic carbocycles. The van der Waals surface area contributed by atoms with Crippen LogP contribution in [0.1, 0.15) is 18.1 Å². The van der Waals surface area contributed by atoms with Gasteiger partial charge in [-0.05, 0) is 25.5 Å². The Balaban J connectivity index is 2.02. The van der Waals surface area contributed by atoms with Crippen LogP contribution in [0.2, 0.25) is 0 Å². The van der Waals surface area contributed by atoms with E-state index in [0.717, 1.165) is 5.56 Å². The highest BCUT2D eigenvalue weighted by molar-refractivity contribution is 5.98. The molecule has 130 valence electrons. The lowest BCUT2D eigenvalue weighted by molar-refractivity contribution is -0.384. The van der Waals surface area contributed by atoms with Gasteiger partial charge in [-0.25, -0.2) is 4.79 Å². The minimum Gasteiger partial charge on any atom is -0.479 e. The zero-order valence-electron chi connectivity index (χ0n) is 13.7. The summed E-state index contributed by atoms with van der Waals surface area (Å²) in [6, 6.07) is 12.8. The maximum atomic E-state index is 12.0. The van der Waals surface area contributed by atoms with E-state index in [0.29, 0.717) is 5.75 Å². The van der Waals surface area contributed by atoms with Crippen LogP contribution in [-0.4, -0.2) is 22.8 Å². The molecular formula is C17H17N3O5. The topological polar surface area (TPSA) is 117 Å². The number of benzene rings is 2. The number of rotatable bonds is 6. The van der Waals surface area contributed by atoms with Crippen LogP contribution in [0.25, 0.3) is 0 Å². The molecule has 0 radical (unpaired) electrons. The van der Waals surface area contributed by atoms with E-state index in [2.05, 4.69) is 5.16 Å². The number of hydrogen-bond acceptors (Lipinski definition) is 6. The van der Waals surface area contributed by atoms with E-state index in [1.165, 1.54) is 31.2 Å². The van der Waals surface area contributed by atoms with Crippen molar-refractivity contribution >= 4 is 17.5 Å². The molecule has 0 heterocycles. The first-order chi connectivity index (χ1) is 11.9. The van der Waals surface area contributed by atoms with Crippen molar-refractivity contribution in [2.24, 2.45) is 10.9 Å². The third kappa shape index (κ3) is 4.77. The minimum absolute atomic E-state index is 0.141. The number of ether oxygens (including phenoxy) is 1. The summed E-state index contributed by atoms with van der Waals surface area (Å²) in [5.74, 6) is -0.334. The van der Waals surface area contributed by atoms with Gasteiger partial charge in [0.2, 0.25) is 0 Å². The van der Waals surface area contributed by atoms with Crippen molar-refractivity contribution < 1.29 is 19.3 Å². The normalized spacial score (nSPS) is 12.3. The standard InChI is InChI=1S/C17H17N3O5/c1-11-6-3-4-9-15(11)24-12(2)17(21)25-19-16(18)13-7-5-8-14(10-13)20(22)23/h3-10,12H,1-2H3,(H2,18,19)/t12-/m0/s1. The SMILES string of the molecule is Cc1ccccc1O[C@@H](C)C(=O)O/N=C(/N)c1cccc([N+](=O)[O-])c1. The summed E-state index contributed by atoms with van der Waals surface area (Å²) >= 11 is 0. The number of nitrogens with two attached hydrogens (primary N) is 1. The molecule has 0 saturated heterocycles. The van der Waals surface area contributed by atoms with E-state index in [1.54, 1.807) is 12.1 Å². The largest absolute Gasteiger partial charge is 0.479 e. The van der Waals surface area contributed by atoms with Gasteiger partial charge < -0.3 is 15.3 Å². The molecule has 0 aliphatic rings. The Kier molecular flexibility index (Phi) is 5.67. The molecule has 0 aromatic heterocycles. The Bertz CT molecular complexity index is 819. The molecule has 0 unspecified atom stereocenters. The third-order valence-electron chi connectivity index (χ3n) is 3.32. The van der Waals surface area contributed by atoms with Crippen LogP contribution in [0.3, 0.4) is 0 Å². The van der Waals surface area contributed by atoms with Crippen LogP contribution < -0.4 is 10.5 Å². The fourth-order valence-electron chi connectivity index (χ4n) is 1.93. The average Bonchev–Trinajstić information content (AvgIpc) is 2.61. The number of oxime groups is 1. The Labute approximate surface area is 144 Å². The molecule has 8 nitrogen and oxygen atoms in total. The summed E-state index contributed by atoms with van der Waals surface area (Å²) in [6.45, 7) is 3.37. The zero-order chi connectivity index (χ0) is 18.4. The molecule has 0 saturated carbocycles. The summed E-state index contributed by atoms with van der Waals surface area (Å²) in [5.41, 5.74) is 6.71. The monoisotopic (exact) mass is 343 g/mol. The van der Waals surface area contributed by atoms with Crippen LogP contribution in [0, 0.1) is 17.0 Å². The molecule has 0 bridgehead atoms. The van der Waals surface area contributed by atoms with E-state index < -0.39 is 17.0 Å². The Morgan fingerprint density at radius 1 is 1.24 bits per heavy atom. The molecule has 0 aliphatic heterocycles. The van der Waals surface area contributed by atoms with Crippen LogP contribution in [0.4, 0.5) is 5.69 Å². The number of amidine groups is 1. The molecule has 2 N–H and O–H groups in total. The molecule has 0 spiro atoms. The van der Waals surface area contributed by atoms with Crippen LogP contribution in [-0.2, 0) is 9.63 Å². The van der Waals surface area contributed by atoms with Gasteiger partial charge in [0.15, 0.2) is 11.9 Å². The number of non-ortho nitro benzene ring substituents is 1. The second-order valence-corrected chi connectivity index (χ2v) is 5.22. The predicted molar refractivity (Wildman–Crippen MR) is 91.2 cm³/mol. The zero-order valence-corrected chi connectivity index (χ0v) is 13.7. The highest BCUT2D eigenvalue weighted by atomic mass is 16.7. The van der Waals surface area contributed by atoms with Crippen molar-refractivity contribution in [1.29, 1.82) is 0 Å². The molecular weight excluding hydrogens is 326 g/mol. The molecule has 2 aromatic carbocycles. The maximum absolute atomic E-state index is 12.0. The Hall–Kier alpha value is -3.42. The van der Waals surface area contributed by atoms with E-state index in [9.17, 15) is 14.9 Å². The molecule has 0 fully saturated rings. The number of carbonyl (C=O) groups is 1. The highest BCUT2D eigenvalue weighted by Crippen LogP contribution is 2.18. The fourth-order valence-corrected chi connectivity index (χ4v) is 1.93. The third-order valence-corrected chi connectivity index (χ3v) is 3.32. The number of nitro benzene ring substituents is 1. The number of nitro groups is 1. The van der Waals surface area contributed by atoms with Crippen LogP contribution >= 0.6 is 0 Å². The molecule has 2 aromatic rings. The smallest absolute Gasteiger partial charge is 0.374 e. The molecule has 25 heavy (non-hydrogen) atoms. The summed E-state index contributed by atoms with van der Waals surface area (Å²) < 4.78 is 5.52. The molecule has 0 amide bonds. The van der Waals surface area contributed by atoms with E-state index >= 15 is 0 Å². The second-order valence-electron chi connectivity index (χ2n) is 5.22. The van der Waals surface area contributed by atoms with Gasteiger partial charge in [-0.2, -0.15) is 0 Å². The first-order valence-electron chi connectivity index (χ1n) is 7.40. The van der Waals surface area contributed by atoms with E-state index in [4.69, 9.17) is 15.3 Å². The summed E-state index contributed by atoms with van der Waals surface area (Å²) in [7, 11) is 0. The van der Waals surface area contributed by atoms with Crippen molar-refractivity contribution in [3.8, 4) is 5.75 Å². The van der Waals surface area contributed by atoms with Crippen molar-refractivity contribution in [1.82, 2.24) is 0 Å². The first kappa shape index (κ1) is 17.9. The summed E-state index contributed by atoms with van der Waals surface area (Å²) in [6.07, 6.45) is -0.900. The Morgan fingerprint density at radius 3 is 2.64 bits per heavy atom. The lowest BCUT2D eigenvalue weighted by atomic mass is 10.2. The number of hydrogen-bond donors (Lipinski definition) is 1. The number of aryl methyl sites for hydroxylation is 1.